The summed E-state index contributed by atoms with van der Waals surface area (Å²) in [5.74, 6) is 1.95. The van der Waals surface area contributed by atoms with Crippen molar-refractivity contribution in [3.8, 4) is 5.75 Å². The van der Waals surface area contributed by atoms with Gasteiger partial charge in [-0.2, -0.15) is 0 Å². The zero-order valence-corrected chi connectivity index (χ0v) is 13.1. The van der Waals surface area contributed by atoms with E-state index in [9.17, 15) is 5.11 Å². The van der Waals surface area contributed by atoms with Crippen LogP contribution in [0.25, 0.3) is 0 Å². The van der Waals surface area contributed by atoms with Crippen LogP contribution in [0, 0.1) is 11.8 Å². The number of nitrogens with zero attached hydrogens (tertiary/aromatic N) is 1. The highest BCUT2D eigenvalue weighted by Crippen LogP contribution is 2.38. The van der Waals surface area contributed by atoms with Crippen molar-refractivity contribution >= 4 is 23.2 Å². The fourth-order valence-corrected chi connectivity index (χ4v) is 4.34. The summed E-state index contributed by atoms with van der Waals surface area (Å²) in [6, 6.07) is 3.42. The molecule has 1 heterocycles. The summed E-state index contributed by atoms with van der Waals surface area (Å²) in [6.45, 7) is 3.01. The van der Waals surface area contributed by atoms with Crippen molar-refractivity contribution in [3.05, 3.63) is 27.7 Å². The van der Waals surface area contributed by atoms with E-state index in [1.807, 2.05) is 6.07 Å². The molecule has 3 rings (SSSR count). The van der Waals surface area contributed by atoms with Crippen LogP contribution in [0.15, 0.2) is 12.1 Å². The number of hydrogen-bond donors (Lipinski definition) is 1. The van der Waals surface area contributed by atoms with Crippen LogP contribution in [-0.2, 0) is 6.54 Å². The van der Waals surface area contributed by atoms with Crippen LogP contribution >= 0.6 is 23.2 Å². The number of phenolic OH excluding ortho intramolecular Hbond substituents is 1. The number of likely N-dealkylation sites (tertiary alicyclic amines) is 1. The first-order valence-corrected chi connectivity index (χ1v) is 8.28. The lowest BCUT2D eigenvalue weighted by Crippen LogP contribution is -2.41. The van der Waals surface area contributed by atoms with Crippen molar-refractivity contribution in [3.63, 3.8) is 0 Å². The summed E-state index contributed by atoms with van der Waals surface area (Å²) >= 11 is 12.0. The average Bonchev–Trinajstić information content (AvgIpc) is 2.44. The number of aromatic hydroxyl groups is 1. The Bertz CT molecular complexity index is 492. The minimum atomic E-state index is 0.182. The second kappa shape index (κ2) is 6.13. The summed E-state index contributed by atoms with van der Waals surface area (Å²) in [5, 5.41) is 11.0. The van der Waals surface area contributed by atoms with E-state index in [0.717, 1.165) is 37.0 Å². The molecule has 0 bridgehead atoms. The third kappa shape index (κ3) is 3.08. The van der Waals surface area contributed by atoms with Gasteiger partial charge in [-0.1, -0.05) is 42.5 Å². The van der Waals surface area contributed by atoms with Crippen molar-refractivity contribution in [2.45, 2.75) is 38.6 Å². The molecular weight excluding hydrogens is 293 g/mol. The van der Waals surface area contributed by atoms with Gasteiger partial charge in [-0.15, -0.1) is 0 Å². The number of fused-ring (bicyclic) bond motifs is 1. The van der Waals surface area contributed by atoms with Crippen LogP contribution in [0.1, 0.15) is 37.7 Å². The summed E-state index contributed by atoms with van der Waals surface area (Å²) in [5.41, 5.74) is 0.844. The van der Waals surface area contributed by atoms with Gasteiger partial charge in [-0.25, -0.2) is 0 Å². The van der Waals surface area contributed by atoms with E-state index >= 15 is 0 Å². The van der Waals surface area contributed by atoms with Gasteiger partial charge in [0.05, 0.1) is 5.02 Å². The van der Waals surface area contributed by atoms with Gasteiger partial charge in [0.1, 0.15) is 5.75 Å². The summed E-state index contributed by atoms with van der Waals surface area (Å²) in [4.78, 5) is 2.44. The minimum Gasteiger partial charge on any atom is -0.506 e. The first-order chi connectivity index (χ1) is 9.63. The number of rotatable bonds is 2. The van der Waals surface area contributed by atoms with E-state index in [2.05, 4.69) is 4.90 Å². The fourth-order valence-electron chi connectivity index (χ4n) is 3.80. The van der Waals surface area contributed by atoms with E-state index in [1.54, 1.807) is 6.07 Å². The number of piperidine rings is 1. The van der Waals surface area contributed by atoms with E-state index in [-0.39, 0.29) is 5.75 Å². The van der Waals surface area contributed by atoms with Gasteiger partial charge >= 0.3 is 0 Å². The Morgan fingerprint density at radius 1 is 1.10 bits per heavy atom. The molecular formula is C16H21Cl2NO. The normalized spacial score (nSPS) is 27.3. The van der Waals surface area contributed by atoms with Crippen LogP contribution in [0.4, 0.5) is 0 Å². The topological polar surface area (TPSA) is 23.5 Å². The molecule has 0 amide bonds. The molecule has 1 aromatic carbocycles. The van der Waals surface area contributed by atoms with E-state index < -0.39 is 0 Å². The van der Waals surface area contributed by atoms with Gasteiger partial charge < -0.3 is 5.11 Å². The fraction of sp³-hybridized carbons (Fsp3) is 0.625. The molecule has 1 N–H and O–H groups in total. The number of benzene rings is 1. The van der Waals surface area contributed by atoms with E-state index in [1.165, 1.54) is 32.1 Å². The second-order valence-corrected chi connectivity index (χ2v) is 7.07. The van der Waals surface area contributed by atoms with E-state index in [4.69, 9.17) is 23.2 Å². The van der Waals surface area contributed by atoms with Crippen LogP contribution in [0.3, 0.4) is 0 Å². The minimum absolute atomic E-state index is 0.182. The Hall–Kier alpha value is -0.440. The Balaban J connectivity index is 1.69. The third-order valence-electron chi connectivity index (χ3n) is 4.88. The highest BCUT2D eigenvalue weighted by Gasteiger charge is 2.31. The predicted octanol–water partition coefficient (Wildman–Crippen LogP) is 4.71. The maximum absolute atomic E-state index is 10.1. The van der Waals surface area contributed by atoms with Gasteiger partial charge in [0.2, 0.25) is 0 Å². The molecule has 2 atom stereocenters. The van der Waals surface area contributed by atoms with Crippen molar-refractivity contribution in [1.29, 1.82) is 0 Å². The lowest BCUT2D eigenvalue weighted by Gasteiger charge is -2.41. The highest BCUT2D eigenvalue weighted by atomic mass is 35.5. The number of hydrogen-bond acceptors (Lipinski definition) is 2. The van der Waals surface area contributed by atoms with Crippen LogP contribution in [0.2, 0.25) is 10.0 Å². The molecule has 20 heavy (non-hydrogen) atoms. The van der Waals surface area contributed by atoms with Crippen molar-refractivity contribution in [1.82, 2.24) is 4.90 Å². The number of phenols is 1. The molecule has 1 saturated heterocycles. The molecule has 2 unspecified atom stereocenters. The Morgan fingerprint density at radius 2 is 1.85 bits per heavy atom. The van der Waals surface area contributed by atoms with Crippen molar-refractivity contribution in [2.24, 2.45) is 11.8 Å². The molecule has 2 fully saturated rings. The van der Waals surface area contributed by atoms with Crippen molar-refractivity contribution < 1.29 is 5.11 Å². The standard InChI is InChI=1S/C16H21Cl2NO/c17-14-7-13(16(20)15(18)8-14)10-19-6-5-11-3-1-2-4-12(11)9-19/h7-8,11-12,20H,1-6,9-10H2. The second-order valence-electron chi connectivity index (χ2n) is 6.22. The van der Waals surface area contributed by atoms with E-state index in [0.29, 0.717) is 10.0 Å². The SMILES string of the molecule is Oc1c(Cl)cc(Cl)cc1CN1CCC2CCCCC2C1. The Labute approximate surface area is 130 Å². The predicted molar refractivity (Wildman–Crippen MR) is 83.5 cm³/mol. The van der Waals surface area contributed by atoms with Gasteiger partial charge in [0, 0.05) is 23.7 Å². The lowest BCUT2D eigenvalue weighted by atomic mass is 9.75. The summed E-state index contributed by atoms with van der Waals surface area (Å²) in [6.07, 6.45) is 6.85. The Kier molecular flexibility index (Phi) is 4.44. The van der Waals surface area contributed by atoms with Gasteiger partial charge in [-0.05, 0) is 43.4 Å². The smallest absolute Gasteiger partial charge is 0.138 e. The van der Waals surface area contributed by atoms with Gasteiger partial charge in [0.15, 0.2) is 0 Å². The molecule has 1 saturated carbocycles. The molecule has 2 nitrogen and oxygen atoms in total. The molecule has 1 aliphatic carbocycles. The summed E-state index contributed by atoms with van der Waals surface area (Å²) < 4.78 is 0. The Morgan fingerprint density at radius 3 is 2.65 bits per heavy atom. The summed E-state index contributed by atoms with van der Waals surface area (Å²) in [7, 11) is 0. The molecule has 110 valence electrons. The first-order valence-electron chi connectivity index (χ1n) is 7.52. The molecule has 0 aromatic heterocycles. The molecule has 0 radical (unpaired) electrons. The zero-order valence-electron chi connectivity index (χ0n) is 11.6. The monoisotopic (exact) mass is 313 g/mol. The quantitative estimate of drug-likeness (QED) is 0.854. The van der Waals surface area contributed by atoms with Crippen LogP contribution in [0.5, 0.6) is 5.75 Å². The maximum Gasteiger partial charge on any atom is 0.138 e. The first kappa shape index (κ1) is 14.5. The number of halogens is 2. The largest absolute Gasteiger partial charge is 0.506 e. The zero-order chi connectivity index (χ0) is 14.1. The molecule has 4 heteroatoms. The van der Waals surface area contributed by atoms with Crippen molar-refractivity contribution in [2.75, 3.05) is 13.1 Å². The highest BCUT2D eigenvalue weighted by molar-refractivity contribution is 6.35. The van der Waals surface area contributed by atoms with Gasteiger partial charge in [-0.3, -0.25) is 4.90 Å². The molecule has 1 aliphatic heterocycles. The third-order valence-corrected chi connectivity index (χ3v) is 5.38. The molecule has 0 spiro atoms. The van der Waals surface area contributed by atoms with Gasteiger partial charge in [0.25, 0.3) is 0 Å². The maximum atomic E-state index is 10.1. The van der Waals surface area contributed by atoms with Crippen LogP contribution in [-0.4, -0.2) is 23.1 Å². The molecule has 1 aromatic rings. The average molecular weight is 314 g/mol. The van der Waals surface area contributed by atoms with Crippen LogP contribution < -0.4 is 0 Å². The molecule has 2 aliphatic rings. The lowest BCUT2D eigenvalue weighted by molar-refractivity contribution is 0.0815.